The molecule has 0 aliphatic heterocycles. The molecular weight excluding hydrogens is 407 g/mol. The molecule has 4 aromatic rings. The number of hydrogen-bond acceptors (Lipinski definition) is 3. The summed E-state index contributed by atoms with van der Waals surface area (Å²) in [5.74, 6) is 0.158. The van der Waals surface area contributed by atoms with Crippen LogP contribution in [0.3, 0.4) is 0 Å². The van der Waals surface area contributed by atoms with Crippen LogP contribution in [0.4, 0.5) is 13.2 Å². The normalized spacial score (nSPS) is 12.0. The Kier molecular flexibility index (Phi) is 4.70. The summed E-state index contributed by atoms with van der Waals surface area (Å²) in [5, 5.41) is 2.53. The van der Waals surface area contributed by atoms with Gasteiger partial charge in [-0.05, 0) is 25.1 Å². The van der Waals surface area contributed by atoms with Crippen molar-refractivity contribution < 1.29 is 18.0 Å². The maximum atomic E-state index is 13.1. The lowest BCUT2D eigenvalue weighted by Gasteiger charge is -2.10. The number of pyridine rings is 1. The number of aromatic nitrogens is 4. The number of carbonyl (C=O) groups excluding carboxylic acids is 1. The molecule has 29 heavy (non-hydrogen) atoms. The number of halogens is 4. The highest BCUT2D eigenvalue weighted by Gasteiger charge is 2.32. The Morgan fingerprint density at radius 2 is 2.03 bits per heavy atom. The van der Waals surface area contributed by atoms with Crippen LogP contribution in [0.1, 0.15) is 27.6 Å². The second-order valence-corrected chi connectivity index (χ2v) is 6.93. The molecule has 150 valence electrons. The maximum Gasteiger partial charge on any atom is 0.417 e. The fraction of sp³-hybridized carbons (Fsp3) is 0.211. The van der Waals surface area contributed by atoms with Crippen molar-refractivity contribution in [1.82, 2.24) is 24.7 Å². The number of nitrogens with zero attached hydrogens (tertiary/aromatic N) is 3. The minimum atomic E-state index is -4.59. The van der Waals surface area contributed by atoms with E-state index in [4.69, 9.17) is 11.6 Å². The Morgan fingerprint density at radius 1 is 1.28 bits per heavy atom. The molecule has 6 nitrogen and oxygen atoms in total. The molecule has 0 atom stereocenters. The second kappa shape index (κ2) is 7.07. The molecule has 10 heteroatoms. The van der Waals surface area contributed by atoms with Crippen LogP contribution in [-0.4, -0.2) is 31.8 Å². The topological polar surface area (TPSA) is 75.1 Å². The quantitative estimate of drug-likeness (QED) is 0.519. The highest BCUT2D eigenvalue weighted by molar-refractivity contribution is 6.33. The van der Waals surface area contributed by atoms with Crippen LogP contribution in [0.25, 0.3) is 16.7 Å². The van der Waals surface area contributed by atoms with E-state index >= 15 is 0 Å². The molecule has 0 unspecified atom stereocenters. The Hall–Kier alpha value is -3.07. The van der Waals surface area contributed by atoms with E-state index in [0.29, 0.717) is 12.2 Å². The molecular formula is C19H15ClF3N5O. The third-order valence-electron chi connectivity index (χ3n) is 4.48. The lowest BCUT2D eigenvalue weighted by Crippen LogP contribution is -2.28. The summed E-state index contributed by atoms with van der Waals surface area (Å²) in [6.45, 7) is 1.79. The predicted molar refractivity (Wildman–Crippen MR) is 102 cm³/mol. The van der Waals surface area contributed by atoms with Crippen molar-refractivity contribution in [1.29, 1.82) is 0 Å². The number of H-pyrrole nitrogens is 1. The first-order valence-electron chi connectivity index (χ1n) is 8.71. The first kappa shape index (κ1) is 19.3. The van der Waals surface area contributed by atoms with Gasteiger partial charge in [-0.25, -0.2) is 9.97 Å². The summed E-state index contributed by atoms with van der Waals surface area (Å²) in [5.41, 5.74) is 1.15. The van der Waals surface area contributed by atoms with Crippen LogP contribution in [0, 0.1) is 6.92 Å². The molecule has 3 aromatic heterocycles. The summed E-state index contributed by atoms with van der Waals surface area (Å²) in [6, 6.07) is 8.33. The van der Waals surface area contributed by atoms with Gasteiger partial charge >= 0.3 is 6.18 Å². The number of rotatable bonds is 4. The van der Waals surface area contributed by atoms with Gasteiger partial charge in [0, 0.05) is 19.2 Å². The second-order valence-electron chi connectivity index (χ2n) is 6.52. The Labute approximate surface area is 167 Å². The first-order chi connectivity index (χ1) is 13.7. The zero-order chi connectivity index (χ0) is 20.8. The van der Waals surface area contributed by atoms with Crippen LogP contribution < -0.4 is 5.32 Å². The highest BCUT2D eigenvalue weighted by Crippen LogP contribution is 2.33. The molecule has 0 aliphatic rings. The van der Waals surface area contributed by atoms with Gasteiger partial charge in [-0.3, -0.25) is 9.20 Å². The monoisotopic (exact) mass is 421 g/mol. The molecule has 0 saturated carbocycles. The van der Waals surface area contributed by atoms with Crippen LogP contribution in [0.2, 0.25) is 5.02 Å². The molecule has 1 amide bonds. The number of imidazole rings is 2. The highest BCUT2D eigenvalue weighted by atomic mass is 35.5. The van der Waals surface area contributed by atoms with E-state index < -0.39 is 17.6 Å². The molecule has 0 bridgehead atoms. The Balaban J connectivity index is 1.56. The van der Waals surface area contributed by atoms with E-state index in [1.54, 1.807) is 6.92 Å². The predicted octanol–water partition coefficient (Wildman–Crippen LogP) is 4.16. The number of aryl methyl sites for hydroxylation is 1. The van der Waals surface area contributed by atoms with E-state index in [2.05, 4.69) is 20.3 Å². The largest absolute Gasteiger partial charge is 0.417 e. The smallest absolute Gasteiger partial charge is 0.350 e. The van der Waals surface area contributed by atoms with Crippen molar-refractivity contribution in [2.75, 3.05) is 6.54 Å². The van der Waals surface area contributed by atoms with Gasteiger partial charge in [0.1, 0.15) is 11.5 Å². The van der Waals surface area contributed by atoms with Gasteiger partial charge in [0.05, 0.1) is 27.3 Å². The number of para-hydroxylation sites is 2. The molecule has 2 N–H and O–H groups in total. The van der Waals surface area contributed by atoms with Gasteiger partial charge in [0.25, 0.3) is 5.91 Å². The number of carbonyl (C=O) groups is 1. The number of aromatic amines is 1. The number of benzene rings is 1. The van der Waals surface area contributed by atoms with Gasteiger partial charge in [-0.1, -0.05) is 23.7 Å². The number of alkyl halides is 3. The fourth-order valence-corrected chi connectivity index (χ4v) is 3.40. The number of nitrogens with one attached hydrogen (secondary N) is 2. The summed E-state index contributed by atoms with van der Waals surface area (Å²) >= 11 is 5.95. The van der Waals surface area contributed by atoms with Crippen LogP contribution in [0.5, 0.6) is 0 Å². The van der Waals surface area contributed by atoms with E-state index in [0.717, 1.165) is 27.7 Å². The van der Waals surface area contributed by atoms with Gasteiger partial charge in [0.2, 0.25) is 0 Å². The fourth-order valence-electron chi connectivity index (χ4n) is 3.15. The third-order valence-corrected chi connectivity index (χ3v) is 4.76. The van der Waals surface area contributed by atoms with Gasteiger partial charge in [-0.2, -0.15) is 13.2 Å². The zero-order valence-corrected chi connectivity index (χ0v) is 15.9. The van der Waals surface area contributed by atoms with E-state index in [1.807, 2.05) is 24.3 Å². The summed E-state index contributed by atoms with van der Waals surface area (Å²) in [4.78, 5) is 24.4. The van der Waals surface area contributed by atoms with Crippen molar-refractivity contribution in [3.8, 4) is 0 Å². The van der Waals surface area contributed by atoms with Crippen LogP contribution >= 0.6 is 11.6 Å². The summed E-state index contributed by atoms with van der Waals surface area (Å²) < 4.78 is 40.4. The van der Waals surface area contributed by atoms with E-state index in [-0.39, 0.29) is 28.6 Å². The molecule has 0 radical (unpaired) electrons. The van der Waals surface area contributed by atoms with Crippen LogP contribution in [0.15, 0.2) is 36.5 Å². The van der Waals surface area contributed by atoms with Crippen molar-refractivity contribution in [2.45, 2.75) is 19.5 Å². The molecule has 1 aromatic carbocycles. The molecule has 0 saturated heterocycles. The Bertz CT molecular complexity index is 1200. The van der Waals surface area contributed by atoms with Crippen molar-refractivity contribution >= 4 is 34.2 Å². The summed E-state index contributed by atoms with van der Waals surface area (Å²) in [7, 11) is 0. The molecule has 0 spiro atoms. The molecule has 3 heterocycles. The first-order valence-corrected chi connectivity index (χ1v) is 9.09. The van der Waals surface area contributed by atoms with Crippen molar-refractivity contribution in [3.05, 3.63) is 64.3 Å². The number of amides is 1. The third kappa shape index (κ3) is 3.65. The molecule has 4 rings (SSSR count). The minimum absolute atomic E-state index is 0.0117. The average Bonchev–Trinajstić information content (AvgIpc) is 3.21. The van der Waals surface area contributed by atoms with Crippen LogP contribution in [-0.2, 0) is 12.6 Å². The average molecular weight is 422 g/mol. The molecule has 0 fully saturated rings. The van der Waals surface area contributed by atoms with E-state index in [1.165, 1.54) is 0 Å². The number of fused-ring (bicyclic) bond motifs is 2. The standard InChI is InChI=1S/C19H15ClF3N5O/c1-10-16(28-9-11(19(21,22)23)8-12(20)17(28)25-10)18(29)24-7-6-15-26-13-4-2-3-5-14(13)27-15/h2-5,8-9H,6-7H2,1H3,(H,24,29)(H,26,27). The zero-order valence-electron chi connectivity index (χ0n) is 15.1. The minimum Gasteiger partial charge on any atom is -0.350 e. The summed E-state index contributed by atoms with van der Waals surface area (Å²) in [6.07, 6.45) is -3.33. The van der Waals surface area contributed by atoms with E-state index in [9.17, 15) is 18.0 Å². The van der Waals surface area contributed by atoms with Gasteiger partial charge < -0.3 is 10.3 Å². The van der Waals surface area contributed by atoms with Gasteiger partial charge in [-0.15, -0.1) is 0 Å². The lowest BCUT2D eigenvalue weighted by molar-refractivity contribution is -0.137. The number of hydrogen-bond donors (Lipinski definition) is 2. The van der Waals surface area contributed by atoms with Crippen molar-refractivity contribution in [2.24, 2.45) is 0 Å². The van der Waals surface area contributed by atoms with Crippen molar-refractivity contribution in [3.63, 3.8) is 0 Å². The lowest BCUT2D eigenvalue weighted by atomic mass is 10.2. The maximum absolute atomic E-state index is 13.1. The molecule has 0 aliphatic carbocycles. The Morgan fingerprint density at radius 3 is 2.76 bits per heavy atom. The SMILES string of the molecule is Cc1nc2c(Cl)cc(C(F)(F)F)cn2c1C(=O)NCCc1nc2ccccc2[nH]1. The van der Waals surface area contributed by atoms with Gasteiger partial charge in [0.15, 0.2) is 5.65 Å².